The van der Waals surface area contributed by atoms with Gasteiger partial charge in [-0.15, -0.1) is 0 Å². The van der Waals surface area contributed by atoms with Crippen molar-refractivity contribution >= 4 is 33.9 Å². The zero-order valence-corrected chi connectivity index (χ0v) is 41.2. The molecular weight excluding hydrogens is 929 g/mol. The van der Waals surface area contributed by atoms with Crippen molar-refractivity contribution in [1.82, 2.24) is 51.2 Å². The molecule has 74 heavy (non-hydrogen) atoms. The molecule has 15 nitrogen and oxygen atoms in total. The smallest absolute Gasteiger partial charge is 0.255 e. The van der Waals surface area contributed by atoms with Crippen molar-refractivity contribution in [2.75, 3.05) is 39.5 Å². The van der Waals surface area contributed by atoms with Gasteiger partial charge < -0.3 is 30.2 Å². The molecule has 1 saturated carbocycles. The van der Waals surface area contributed by atoms with Gasteiger partial charge in [-0.25, -0.2) is 9.97 Å². The van der Waals surface area contributed by atoms with Crippen LogP contribution in [0.15, 0.2) is 97.3 Å². The maximum atomic E-state index is 13.6. The van der Waals surface area contributed by atoms with Crippen LogP contribution in [0.1, 0.15) is 81.5 Å². The standard InChI is InChI=1S/C59H58N10O5/c70-58-47-13-8-39(26-51(47)73-20-17-60-58)54-49-25-43(29-62-56(49)67-65-54)36-3-4-41-31-69(18-15-37(41)22-36)46-12-7-38(23-46)53-30-63-59(71)48-14-9-40(27-52(48)74-53)55-50-24-42(28-61-57(50)68-66-55)35-2-1-33-5-10-44(11-6-34(33)21-35)64-45-16-19-72-32-45/h1-4,8-9,13-14,21-22,24-29,38,44-46,53,64H,5-7,10-12,15-20,23,30-32H2,(H,60,70)(H,63,71)(H,61,66,68)(H,62,65,67)/t38?,44?,45-,46?,53?/m1/s1. The minimum atomic E-state index is -0.142. The van der Waals surface area contributed by atoms with Crippen molar-refractivity contribution in [3.63, 3.8) is 0 Å². The first-order valence-electron chi connectivity index (χ1n) is 26.6. The molecule has 2 fully saturated rings. The van der Waals surface area contributed by atoms with Crippen LogP contribution >= 0.6 is 0 Å². The summed E-state index contributed by atoms with van der Waals surface area (Å²) in [5.74, 6) is 1.24. The number of pyridine rings is 2. The lowest BCUT2D eigenvalue weighted by Gasteiger charge is -2.34. The first-order chi connectivity index (χ1) is 36.4. The van der Waals surface area contributed by atoms with Crippen molar-refractivity contribution in [3.8, 4) is 56.3 Å². The lowest BCUT2D eigenvalue weighted by atomic mass is 9.93. The van der Waals surface area contributed by atoms with Crippen LogP contribution < -0.4 is 25.4 Å². The Morgan fingerprint density at radius 3 is 1.99 bits per heavy atom. The van der Waals surface area contributed by atoms with Gasteiger partial charge >= 0.3 is 0 Å². The van der Waals surface area contributed by atoms with Gasteiger partial charge in [0.1, 0.15) is 24.2 Å². The van der Waals surface area contributed by atoms with Crippen molar-refractivity contribution in [2.45, 2.75) is 88.6 Å². The molecule has 4 unspecified atom stereocenters. The number of amides is 2. The van der Waals surface area contributed by atoms with E-state index >= 15 is 0 Å². The van der Waals surface area contributed by atoms with E-state index in [9.17, 15) is 9.59 Å². The second-order valence-corrected chi connectivity index (χ2v) is 21.2. The van der Waals surface area contributed by atoms with E-state index in [1.165, 1.54) is 22.3 Å². The Morgan fingerprint density at radius 2 is 1.26 bits per heavy atom. The summed E-state index contributed by atoms with van der Waals surface area (Å²) in [7, 11) is 0. The third-order valence-corrected chi connectivity index (χ3v) is 16.8. The number of ether oxygens (including phenoxy) is 3. The topological polar surface area (TPSA) is 184 Å². The van der Waals surface area contributed by atoms with Crippen molar-refractivity contribution in [2.24, 2.45) is 5.92 Å². The number of carbonyl (C=O) groups is 2. The van der Waals surface area contributed by atoms with Gasteiger partial charge in [-0.3, -0.25) is 24.7 Å². The Balaban J connectivity index is 0.648. The van der Waals surface area contributed by atoms with Crippen LogP contribution in [-0.4, -0.2) is 111 Å². The highest BCUT2D eigenvalue weighted by Crippen LogP contribution is 2.40. The molecule has 1 saturated heterocycles. The quantitative estimate of drug-likeness (QED) is 0.0923. The predicted molar refractivity (Wildman–Crippen MR) is 282 cm³/mol. The number of fused-ring (bicyclic) bond motifs is 6. The lowest BCUT2D eigenvalue weighted by molar-refractivity contribution is 0.0930. The second-order valence-electron chi connectivity index (χ2n) is 21.2. The van der Waals surface area contributed by atoms with Crippen molar-refractivity contribution < 1.29 is 23.8 Å². The number of aromatic amines is 2. The zero-order valence-electron chi connectivity index (χ0n) is 41.2. The molecule has 4 aromatic carbocycles. The number of nitrogens with zero attached hydrogens (tertiary/aromatic N) is 5. The number of rotatable bonds is 8. The van der Waals surface area contributed by atoms with Crippen LogP contribution in [0.2, 0.25) is 0 Å². The van der Waals surface area contributed by atoms with E-state index in [4.69, 9.17) is 24.2 Å². The molecule has 4 aliphatic heterocycles. The largest absolute Gasteiger partial charge is 0.491 e. The molecule has 2 aliphatic carbocycles. The molecule has 15 heteroatoms. The molecule has 0 spiro atoms. The van der Waals surface area contributed by atoms with Gasteiger partial charge in [0.05, 0.1) is 42.2 Å². The number of nitrogens with one attached hydrogen (secondary N) is 5. The van der Waals surface area contributed by atoms with E-state index in [1.54, 1.807) is 6.07 Å². The van der Waals surface area contributed by atoms with E-state index in [1.807, 2.05) is 42.7 Å². The monoisotopic (exact) mass is 986 g/mol. The van der Waals surface area contributed by atoms with Gasteiger partial charge in [-0.05, 0) is 133 Å². The Bertz CT molecular complexity index is 3510. The molecule has 0 radical (unpaired) electrons. The number of H-pyrrole nitrogens is 2. The molecule has 5 atom stereocenters. The maximum Gasteiger partial charge on any atom is 0.255 e. The first-order valence-corrected chi connectivity index (χ1v) is 26.6. The lowest BCUT2D eigenvalue weighted by Crippen LogP contribution is -2.40. The average Bonchev–Trinajstić information content (AvgIpc) is 4.26. The van der Waals surface area contributed by atoms with E-state index < -0.39 is 0 Å². The molecule has 5 N–H and O–H groups in total. The Hall–Kier alpha value is -7.46. The van der Waals surface area contributed by atoms with Gasteiger partial charge in [0.25, 0.3) is 11.8 Å². The van der Waals surface area contributed by atoms with Crippen molar-refractivity contribution in [3.05, 3.63) is 131 Å². The molecule has 4 aromatic heterocycles. The molecular formula is C59H58N10O5. The molecule has 0 bridgehead atoms. The van der Waals surface area contributed by atoms with Gasteiger partial charge in [0.15, 0.2) is 11.3 Å². The van der Waals surface area contributed by atoms with Crippen molar-refractivity contribution in [1.29, 1.82) is 0 Å². The fourth-order valence-electron chi connectivity index (χ4n) is 12.7. The number of aromatic nitrogens is 6. The summed E-state index contributed by atoms with van der Waals surface area (Å²) in [5, 5.41) is 27.3. The molecule has 8 aromatic rings. The first kappa shape index (κ1) is 45.2. The van der Waals surface area contributed by atoms with E-state index in [2.05, 4.69) is 89.8 Å². The number of hydrogen-bond donors (Lipinski definition) is 5. The highest BCUT2D eigenvalue weighted by Gasteiger charge is 2.38. The normalized spacial score (nSPS) is 22.8. The SMILES string of the molecule is O=C1NCCOc2cc(-c3[nH]nc4ncc(-c5ccc6c(c5)CCN(C5CCC(C7CNC(=O)c8ccc(-c9[nH]nc%10ncc(-c%11ccc%12c(c%11)CCC(N[C@@H]%11CCOC%11)CC%12)cc9%10)cc8O7)C5)C6)cc34)ccc21. The number of aryl methyl sites for hydroxylation is 2. The van der Waals surface area contributed by atoms with E-state index in [0.29, 0.717) is 77.7 Å². The zero-order chi connectivity index (χ0) is 49.3. The summed E-state index contributed by atoms with van der Waals surface area (Å²) in [6.45, 7) is 4.94. The minimum absolute atomic E-state index is 0.107. The van der Waals surface area contributed by atoms with E-state index in [-0.39, 0.29) is 17.9 Å². The summed E-state index contributed by atoms with van der Waals surface area (Å²) in [5.41, 5.74) is 15.8. The Kier molecular flexibility index (Phi) is 11.5. The van der Waals surface area contributed by atoms with Crippen LogP contribution in [-0.2, 0) is 30.5 Å². The van der Waals surface area contributed by atoms with Crippen LogP contribution in [0.5, 0.6) is 11.5 Å². The number of benzene rings is 4. The molecule has 374 valence electrons. The summed E-state index contributed by atoms with van der Waals surface area (Å²) >= 11 is 0. The second kappa shape index (κ2) is 18.8. The summed E-state index contributed by atoms with van der Waals surface area (Å²) in [4.78, 5) is 38.3. The fourth-order valence-corrected chi connectivity index (χ4v) is 12.7. The van der Waals surface area contributed by atoms with Crippen LogP contribution in [0.25, 0.3) is 66.8 Å². The molecule has 14 rings (SSSR count). The number of carbonyl (C=O) groups excluding carboxylic acids is 2. The number of hydrogen-bond acceptors (Lipinski definition) is 11. The highest BCUT2D eigenvalue weighted by atomic mass is 16.5. The van der Waals surface area contributed by atoms with E-state index in [0.717, 1.165) is 140 Å². The van der Waals surface area contributed by atoms with Crippen LogP contribution in [0, 0.1) is 5.92 Å². The summed E-state index contributed by atoms with van der Waals surface area (Å²) < 4.78 is 18.4. The molecule has 6 aliphatic rings. The summed E-state index contributed by atoms with van der Waals surface area (Å²) in [6.07, 6.45) is 13.3. The minimum Gasteiger partial charge on any atom is -0.491 e. The molecule has 8 heterocycles. The van der Waals surface area contributed by atoms with Gasteiger partial charge in [-0.2, -0.15) is 10.2 Å². The fraction of sp³-hybridized carbons (Fsp3) is 0.356. The Morgan fingerprint density at radius 1 is 0.595 bits per heavy atom. The maximum absolute atomic E-state index is 13.6. The van der Waals surface area contributed by atoms with Gasteiger partial charge in [0.2, 0.25) is 0 Å². The Labute approximate surface area is 428 Å². The third-order valence-electron chi connectivity index (χ3n) is 16.8. The van der Waals surface area contributed by atoms with Crippen LogP contribution in [0.3, 0.4) is 0 Å². The summed E-state index contributed by atoms with van der Waals surface area (Å²) in [6, 6.07) is 31.0. The van der Waals surface area contributed by atoms with Gasteiger partial charge in [-0.1, -0.05) is 48.5 Å². The van der Waals surface area contributed by atoms with Crippen LogP contribution in [0.4, 0.5) is 0 Å². The predicted octanol–water partition coefficient (Wildman–Crippen LogP) is 8.36. The molecule has 2 amide bonds. The highest BCUT2D eigenvalue weighted by molar-refractivity contribution is 6.01. The van der Waals surface area contributed by atoms with Gasteiger partial charge in [0, 0.05) is 83.2 Å². The average molecular weight is 987 g/mol. The third kappa shape index (κ3) is 8.46.